The molecule has 3 atom stereocenters. The molecule has 1 heterocycles. The second kappa shape index (κ2) is 8.68. The fourth-order valence-corrected chi connectivity index (χ4v) is 3.07. The smallest absolute Gasteiger partial charge is 0.326 e. The normalized spacial score (nSPS) is 20.0. The highest BCUT2D eigenvalue weighted by Gasteiger charge is 2.33. The molecule has 1 aliphatic rings. The lowest BCUT2D eigenvalue weighted by atomic mass is 9.91. The van der Waals surface area contributed by atoms with E-state index >= 15 is 0 Å². The Morgan fingerprint density at radius 2 is 2.08 bits per heavy atom. The van der Waals surface area contributed by atoms with Gasteiger partial charge in [0.15, 0.2) is 0 Å². The van der Waals surface area contributed by atoms with Crippen LogP contribution in [0.1, 0.15) is 37.7 Å². The standard InChI is InChI=1S/C18H25NO5/c1-3-15(12-6-8-14(23-2)9-7-12)17(20)19-16(18(21)22)13-5-4-10-24-11-13/h6-9,13,15-16H,3-5,10-11H2,1-2H3,(H,19,20)(H,21,22). The quantitative estimate of drug-likeness (QED) is 0.798. The number of hydrogen-bond donors (Lipinski definition) is 2. The zero-order chi connectivity index (χ0) is 17.5. The number of hydrogen-bond acceptors (Lipinski definition) is 4. The van der Waals surface area contributed by atoms with Crippen LogP contribution in [0.2, 0.25) is 0 Å². The van der Waals surface area contributed by atoms with Gasteiger partial charge in [-0.15, -0.1) is 0 Å². The van der Waals surface area contributed by atoms with E-state index in [1.165, 1.54) is 0 Å². The molecule has 2 rings (SSSR count). The predicted molar refractivity (Wildman–Crippen MR) is 89.1 cm³/mol. The van der Waals surface area contributed by atoms with Gasteiger partial charge in [-0.25, -0.2) is 4.79 Å². The zero-order valence-electron chi connectivity index (χ0n) is 14.2. The van der Waals surface area contributed by atoms with Crippen LogP contribution in [-0.2, 0) is 14.3 Å². The molecule has 1 aliphatic heterocycles. The molecule has 0 spiro atoms. The number of carbonyl (C=O) groups is 2. The highest BCUT2D eigenvalue weighted by Crippen LogP contribution is 2.24. The SMILES string of the molecule is CCC(C(=O)NC(C(=O)O)C1CCCOC1)c1ccc(OC)cc1. The van der Waals surface area contributed by atoms with Crippen molar-refractivity contribution in [2.24, 2.45) is 5.92 Å². The molecule has 0 bridgehead atoms. The van der Waals surface area contributed by atoms with Gasteiger partial charge in [-0.3, -0.25) is 4.79 Å². The summed E-state index contributed by atoms with van der Waals surface area (Å²) in [5, 5.41) is 12.2. The van der Waals surface area contributed by atoms with Crippen LogP contribution in [0.15, 0.2) is 24.3 Å². The molecule has 24 heavy (non-hydrogen) atoms. The Labute approximate surface area is 142 Å². The summed E-state index contributed by atoms with van der Waals surface area (Å²) in [6.07, 6.45) is 2.16. The third-order valence-corrected chi connectivity index (χ3v) is 4.47. The van der Waals surface area contributed by atoms with Crippen molar-refractivity contribution in [3.63, 3.8) is 0 Å². The molecule has 0 aromatic heterocycles. The van der Waals surface area contributed by atoms with Gasteiger partial charge in [0.25, 0.3) is 0 Å². The summed E-state index contributed by atoms with van der Waals surface area (Å²) in [5.74, 6) is -1.13. The number of carboxylic acid groups (broad SMARTS) is 1. The van der Waals surface area contributed by atoms with Crippen LogP contribution < -0.4 is 10.1 Å². The van der Waals surface area contributed by atoms with E-state index in [-0.39, 0.29) is 17.7 Å². The average Bonchev–Trinajstić information content (AvgIpc) is 2.61. The minimum atomic E-state index is -1.01. The van der Waals surface area contributed by atoms with E-state index in [1.807, 2.05) is 19.1 Å². The number of carbonyl (C=O) groups excluding carboxylic acids is 1. The monoisotopic (exact) mass is 335 g/mol. The number of benzene rings is 1. The molecule has 1 saturated heterocycles. The minimum Gasteiger partial charge on any atom is -0.497 e. The fraction of sp³-hybridized carbons (Fsp3) is 0.556. The van der Waals surface area contributed by atoms with Crippen molar-refractivity contribution in [1.29, 1.82) is 0 Å². The number of rotatable bonds is 7. The Morgan fingerprint density at radius 1 is 1.38 bits per heavy atom. The fourth-order valence-electron chi connectivity index (χ4n) is 3.07. The van der Waals surface area contributed by atoms with Crippen LogP contribution in [0.5, 0.6) is 5.75 Å². The third-order valence-electron chi connectivity index (χ3n) is 4.47. The number of ether oxygens (including phenoxy) is 2. The summed E-state index contributed by atoms with van der Waals surface area (Å²) in [4.78, 5) is 24.2. The van der Waals surface area contributed by atoms with Gasteiger partial charge >= 0.3 is 5.97 Å². The van der Waals surface area contributed by atoms with E-state index in [0.29, 0.717) is 19.6 Å². The Balaban J connectivity index is 2.09. The van der Waals surface area contributed by atoms with Gasteiger partial charge in [-0.2, -0.15) is 0 Å². The Hall–Kier alpha value is -2.08. The van der Waals surface area contributed by atoms with Gasteiger partial charge in [0, 0.05) is 12.5 Å². The van der Waals surface area contributed by atoms with Crippen LogP contribution in [-0.4, -0.2) is 43.3 Å². The molecule has 1 aromatic rings. The van der Waals surface area contributed by atoms with Crippen molar-refractivity contribution < 1.29 is 24.2 Å². The number of aliphatic carboxylic acids is 1. The molecule has 1 amide bonds. The average molecular weight is 335 g/mol. The van der Waals surface area contributed by atoms with E-state index < -0.39 is 12.0 Å². The summed E-state index contributed by atoms with van der Waals surface area (Å²) in [5.41, 5.74) is 0.847. The van der Waals surface area contributed by atoms with Crippen LogP contribution >= 0.6 is 0 Å². The van der Waals surface area contributed by atoms with Crippen molar-refractivity contribution in [2.75, 3.05) is 20.3 Å². The molecular formula is C18H25NO5. The van der Waals surface area contributed by atoms with Crippen LogP contribution in [0.3, 0.4) is 0 Å². The van der Waals surface area contributed by atoms with E-state index in [0.717, 1.165) is 24.2 Å². The van der Waals surface area contributed by atoms with Crippen molar-refractivity contribution in [2.45, 2.75) is 38.1 Å². The first-order valence-corrected chi connectivity index (χ1v) is 8.31. The number of methoxy groups -OCH3 is 1. The molecule has 3 unspecified atom stereocenters. The largest absolute Gasteiger partial charge is 0.497 e. The lowest BCUT2D eigenvalue weighted by Gasteiger charge is -2.29. The van der Waals surface area contributed by atoms with Gasteiger partial charge in [-0.1, -0.05) is 19.1 Å². The molecule has 1 fully saturated rings. The topological polar surface area (TPSA) is 84.9 Å². The maximum Gasteiger partial charge on any atom is 0.326 e. The van der Waals surface area contributed by atoms with Crippen LogP contribution in [0, 0.1) is 5.92 Å². The molecule has 1 aromatic carbocycles. The molecule has 6 heteroatoms. The van der Waals surface area contributed by atoms with Gasteiger partial charge in [0.2, 0.25) is 5.91 Å². The summed E-state index contributed by atoms with van der Waals surface area (Å²) in [7, 11) is 1.59. The van der Waals surface area contributed by atoms with Crippen molar-refractivity contribution in [1.82, 2.24) is 5.32 Å². The molecular weight excluding hydrogens is 310 g/mol. The first-order chi connectivity index (χ1) is 11.6. The van der Waals surface area contributed by atoms with E-state index in [4.69, 9.17) is 9.47 Å². The van der Waals surface area contributed by atoms with Crippen LogP contribution in [0.4, 0.5) is 0 Å². The minimum absolute atomic E-state index is 0.187. The van der Waals surface area contributed by atoms with Gasteiger partial charge < -0.3 is 19.9 Å². The van der Waals surface area contributed by atoms with Crippen molar-refractivity contribution in [3.8, 4) is 5.75 Å². The van der Waals surface area contributed by atoms with Gasteiger partial charge in [-0.05, 0) is 37.0 Å². The van der Waals surface area contributed by atoms with Gasteiger partial charge in [0.05, 0.1) is 19.6 Å². The molecule has 0 aliphatic carbocycles. The third kappa shape index (κ3) is 4.47. The van der Waals surface area contributed by atoms with Crippen molar-refractivity contribution >= 4 is 11.9 Å². The molecule has 6 nitrogen and oxygen atoms in total. The Bertz CT molecular complexity index is 551. The molecule has 0 radical (unpaired) electrons. The van der Waals surface area contributed by atoms with Gasteiger partial charge in [0.1, 0.15) is 11.8 Å². The number of nitrogens with one attached hydrogen (secondary N) is 1. The maximum atomic E-state index is 12.6. The summed E-state index contributed by atoms with van der Waals surface area (Å²) in [6.45, 7) is 2.94. The van der Waals surface area contributed by atoms with Crippen molar-refractivity contribution in [3.05, 3.63) is 29.8 Å². The van der Waals surface area contributed by atoms with E-state index in [2.05, 4.69) is 5.32 Å². The Morgan fingerprint density at radius 3 is 2.58 bits per heavy atom. The second-order valence-corrected chi connectivity index (χ2v) is 6.04. The Kier molecular flexibility index (Phi) is 6.61. The number of amides is 1. The summed E-state index contributed by atoms with van der Waals surface area (Å²) >= 11 is 0. The predicted octanol–water partition coefficient (Wildman–Crippen LogP) is 2.18. The van der Waals surface area contributed by atoms with E-state index in [9.17, 15) is 14.7 Å². The molecule has 0 saturated carbocycles. The molecule has 2 N–H and O–H groups in total. The maximum absolute atomic E-state index is 12.6. The summed E-state index contributed by atoms with van der Waals surface area (Å²) < 4.78 is 10.5. The zero-order valence-corrected chi connectivity index (χ0v) is 14.2. The highest BCUT2D eigenvalue weighted by atomic mass is 16.5. The first-order valence-electron chi connectivity index (χ1n) is 8.31. The lowest BCUT2D eigenvalue weighted by molar-refractivity contribution is -0.145. The van der Waals surface area contributed by atoms with E-state index in [1.54, 1.807) is 19.2 Å². The number of carboxylic acids is 1. The first kappa shape index (κ1) is 18.3. The summed E-state index contributed by atoms with van der Waals surface area (Å²) in [6, 6.07) is 6.37. The second-order valence-electron chi connectivity index (χ2n) is 6.04. The lowest BCUT2D eigenvalue weighted by Crippen LogP contribution is -2.49. The molecule has 132 valence electrons. The van der Waals surface area contributed by atoms with Crippen LogP contribution in [0.25, 0.3) is 0 Å². The highest BCUT2D eigenvalue weighted by molar-refractivity contribution is 5.88.